The maximum Gasteiger partial charge on any atom is 0.161 e. The van der Waals surface area contributed by atoms with Crippen LogP contribution in [-0.2, 0) is 0 Å². The quantitative estimate of drug-likeness (QED) is 0.181. The van der Waals surface area contributed by atoms with E-state index in [0.29, 0.717) is 11.6 Å². The standard InChI is InChI=1S/C44H28N4S/c1-5-14-29(15-6-1)37-27-38(30-16-7-2-8-17-30)46-43(45-37)33-24-25-41-36(26-33)34-22-13-23-35(42(34)49-41)44-47-39(31-18-9-3-10-19-31)28-40(48-44)32-20-11-4-12-21-32/h1-28H. The molecule has 0 fully saturated rings. The van der Waals surface area contributed by atoms with E-state index in [1.165, 1.54) is 4.70 Å². The van der Waals surface area contributed by atoms with Crippen LogP contribution in [0.15, 0.2) is 170 Å². The van der Waals surface area contributed by atoms with Gasteiger partial charge in [-0.3, -0.25) is 0 Å². The zero-order chi connectivity index (χ0) is 32.6. The van der Waals surface area contributed by atoms with Gasteiger partial charge in [0.2, 0.25) is 0 Å². The third-order valence-corrected chi connectivity index (χ3v) is 9.95. The molecule has 0 amide bonds. The summed E-state index contributed by atoms with van der Waals surface area (Å²) in [5.41, 5.74) is 9.81. The Morgan fingerprint density at radius 1 is 0.327 bits per heavy atom. The number of rotatable bonds is 6. The average Bonchev–Trinajstić information content (AvgIpc) is 3.57. The zero-order valence-electron chi connectivity index (χ0n) is 26.4. The zero-order valence-corrected chi connectivity index (χ0v) is 27.2. The number of hydrogen-bond donors (Lipinski definition) is 0. The molecule has 3 heterocycles. The normalized spacial score (nSPS) is 11.3. The fourth-order valence-corrected chi connectivity index (χ4v) is 7.48. The molecule has 5 heteroatoms. The van der Waals surface area contributed by atoms with Gasteiger partial charge in [0.25, 0.3) is 0 Å². The van der Waals surface area contributed by atoms with Gasteiger partial charge in [0.05, 0.1) is 22.8 Å². The van der Waals surface area contributed by atoms with Crippen LogP contribution in [0.2, 0.25) is 0 Å². The van der Waals surface area contributed by atoms with Gasteiger partial charge in [-0.15, -0.1) is 11.3 Å². The number of thiophene rings is 1. The van der Waals surface area contributed by atoms with Crippen molar-refractivity contribution in [3.63, 3.8) is 0 Å². The highest BCUT2D eigenvalue weighted by Crippen LogP contribution is 2.41. The minimum Gasteiger partial charge on any atom is -0.228 e. The van der Waals surface area contributed by atoms with E-state index in [1.54, 1.807) is 11.3 Å². The molecule has 0 atom stereocenters. The van der Waals surface area contributed by atoms with Crippen LogP contribution in [0.4, 0.5) is 0 Å². The first-order valence-electron chi connectivity index (χ1n) is 16.2. The smallest absolute Gasteiger partial charge is 0.161 e. The van der Waals surface area contributed by atoms with Crippen molar-refractivity contribution in [2.45, 2.75) is 0 Å². The fraction of sp³-hybridized carbons (Fsp3) is 0. The number of hydrogen-bond acceptors (Lipinski definition) is 5. The number of fused-ring (bicyclic) bond motifs is 3. The number of aromatic nitrogens is 4. The Morgan fingerprint density at radius 2 is 0.776 bits per heavy atom. The maximum atomic E-state index is 5.14. The lowest BCUT2D eigenvalue weighted by atomic mass is 10.0. The topological polar surface area (TPSA) is 51.6 Å². The molecule has 0 aliphatic carbocycles. The molecule has 0 saturated heterocycles. The Labute approximate surface area is 288 Å². The van der Waals surface area contributed by atoms with Crippen LogP contribution >= 0.6 is 11.3 Å². The lowest BCUT2D eigenvalue weighted by molar-refractivity contribution is 1.18. The van der Waals surface area contributed by atoms with E-state index in [2.05, 4.69) is 97.1 Å². The van der Waals surface area contributed by atoms with Crippen LogP contribution in [-0.4, -0.2) is 19.9 Å². The third-order valence-electron chi connectivity index (χ3n) is 8.73. The Kier molecular flexibility index (Phi) is 7.30. The highest BCUT2D eigenvalue weighted by molar-refractivity contribution is 7.26. The van der Waals surface area contributed by atoms with Gasteiger partial charge in [-0.2, -0.15) is 0 Å². The van der Waals surface area contributed by atoms with Crippen LogP contribution in [0, 0.1) is 0 Å². The Balaban J connectivity index is 1.20. The van der Waals surface area contributed by atoms with E-state index in [0.717, 1.165) is 71.6 Å². The minimum atomic E-state index is 0.698. The Morgan fingerprint density at radius 3 is 1.24 bits per heavy atom. The molecule has 0 bridgehead atoms. The summed E-state index contributed by atoms with van der Waals surface area (Å²) in [6.45, 7) is 0. The van der Waals surface area contributed by atoms with Gasteiger partial charge >= 0.3 is 0 Å². The summed E-state index contributed by atoms with van der Waals surface area (Å²) < 4.78 is 2.35. The van der Waals surface area contributed by atoms with Gasteiger partial charge in [0.1, 0.15) is 0 Å². The van der Waals surface area contributed by atoms with Crippen LogP contribution in [0.25, 0.3) is 88.0 Å². The summed E-state index contributed by atoms with van der Waals surface area (Å²) in [5, 5.41) is 2.33. The van der Waals surface area contributed by atoms with Crippen molar-refractivity contribution in [3.05, 3.63) is 170 Å². The largest absolute Gasteiger partial charge is 0.228 e. The monoisotopic (exact) mass is 644 g/mol. The van der Waals surface area contributed by atoms with E-state index in [4.69, 9.17) is 19.9 Å². The molecular formula is C44H28N4S. The summed E-state index contributed by atoms with van der Waals surface area (Å²) in [7, 11) is 0. The fourth-order valence-electron chi connectivity index (χ4n) is 6.28. The number of nitrogens with zero attached hydrogens (tertiary/aromatic N) is 4. The SMILES string of the molecule is c1ccc(-c2cc(-c3ccccc3)nc(-c3ccc4sc5c(-c6nc(-c7ccccc7)cc(-c7ccccc7)n6)cccc5c4c3)n2)cc1. The molecule has 0 aliphatic rings. The molecule has 0 saturated carbocycles. The van der Waals surface area contributed by atoms with E-state index in [1.807, 2.05) is 72.8 Å². The van der Waals surface area contributed by atoms with Crippen molar-refractivity contribution >= 4 is 31.5 Å². The van der Waals surface area contributed by atoms with E-state index in [-0.39, 0.29) is 0 Å². The summed E-state index contributed by atoms with van der Waals surface area (Å²) >= 11 is 1.77. The highest BCUT2D eigenvalue weighted by Gasteiger charge is 2.17. The molecule has 0 N–H and O–H groups in total. The lowest BCUT2D eigenvalue weighted by Crippen LogP contribution is -1.96. The van der Waals surface area contributed by atoms with Crippen molar-refractivity contribution in [2.24, 2.45) is 0 Å². The lowest BCUT2D eigenvalue weighted by Gasteiger charge is -2.10. The van der Waals surface area contributed by atoms with Crippen molar-refractivity contribution in [1.82, 2.24) is 19.9 Å². The van der Waals surface area contributed by atoms with Crippen LogP contribution < -0.4 is 0 Å². The molecule has 49 heavy (non-hydrogen) atoms. The first-order chi connectivity index (χ1) is 24.3. The van der Waals surface area contributed by atoms with Gasteiger partial charge in [-0.25, -0.2) is 19.9 Å². The molecule has 230 valence electrons. The predicted octanol–water partition coefficient (Wildman–Crippen LogP) is 11.6. The van der Waals surface area contributed by atoms with Crippen molar-refractivity contribution in [2.75, 3.05) is 0 Å². The highest BCUT2D eigenvalue weighted by atomic mass is 32.1. The van der Waals surface area contributed by atoms with E-state index >= 15 is 0 Å². The van der Waals surface area contributed by atoms with Crippen molar-refractivity contribution in [3.8, 4) is 67.8 Å². The average molecular weight is 645 g/mol. The Hall–Kier alpha value is -6.30. The molecule has 4 nitrogen and oxygen atoms in total. The second-order valence-corrected chi connectivity index (χ2v) is 12.9. The molecule has 9 rings (SSSR count). The molecule has 0 aliphatic heterocycles. The summed E-state index contributed by atoms with van der Waals surface area (Å²) in [5.74, 6) is 1.41. The van der Waals surface area contributed by atoms with E-state index < -0.39 is 0 Å². The van der Waals surface area contributed by atoms with E-state index in [9.17, 15) is 0 Å². The molecule has 3 aromatic heterocycles. The molecular weight excluding hydrogens is 617 g/mol. The summed E-state index contributed by atoms with van der Waals surface area (Å²) in [4.78, 5) is 20.4. The third kappa shape index (κ3) is 5.56. The summed E-state index contributed by atoms with van der Waals surface area (Å²) in [6.07, 6.45) is 0. The van der Waals surface area contributed by atoms with Gasteiger partial charge in [0.15, 0.2) is 11.6 Å². The van der Waals surface area contributed by atoms with Crippen molar-refractivity contribution in [1.29, 1.82) is 0 Å². The van der Waals surface area contributed by atoms with Gasteiger partial charge in [0, 0.05) is 53.6 Å². The van der Waals surface area contributed by atoms with Crippen LogP contribution in [0.5, 0.6) is 0 Å². The molecule has 0 unspecified atom stereocenters. The molecule has 9 aromatic rings. The van der Waals surface area contributed by atoms with Crippen LogP contribution in [0.3, 0.4) is 0 Å². The molecule has 0 spiro atoms. The van der Waals surface area contributed by atoms with Gasteiger partial charge in [-0.05, 0) is 36.4 Å². The minimum absolute atomic E-state index is 0.698. The second-order valence-electron chi connectivity index (χ2n) is 11.9. The summed E-state index contributed by atoms with van der Waals surface area (Å²) in [6, 6.07) is 58.4. The maximum absolute atomic E-state index is 5.14. The first kappa shape index (κ1) is 28.9. The molecule has 0 radical (unpaired) electrons. The second kappa shape index (κ2) is 12.4. The Bertz CT molecular complexity index is 2470. The molecule has 6 aromatic carbocycles. The van der Waals surface area contributed by atoms with Crippen molar-refractivity contribution < 1.29 is 0 Å². The number of benzene rings is 6. The predicted molar refractivity (Wildman–Crippen MR) is 203 cm³/mol. The van der Waals surface area contributed by atoms with Gasteiger partial charge in [-0.1, -0.05) is 133 Å². The van der Waals surface area contributed by atoms with Crippen LogP contribution in [0.1, 0.15) is 0 Å². The first-order valence-corrected chi connectivity index (χ1v) is 17.0. The van der Waals surface area contributed by atoms with Gasteiger partial charge < -0.3 is 0 Å².